The highest BCUT2D eigenvalue weighted by atomic mass is 16.4. The predicted octanol–water partition coefficient (Wildman–Crippen LogP) is 4.78. The number of carboxylic acid groups (broad SMARTS) is 1. The van der Waals surface area contributed by atoms with Crippen molar-refractivity contribution < 1.29 is 9.90 Å². The van der Waals surface area contributed by atoms with E-state index in [9.17, 15) is 4.79 Å². The summed E-state index contributed by atoms with van der Waals surface area (Å²) >= 11 is 0. The highest BCUT2D eigenvalue weighted by Crippen LogP contribution is 2.10. The van der Waals surface area contributed by atoms with Crippen molar-refractivity contribution in [3.63, 3.8) is 0 Å². The Balaban J connectivity index is 3.17. The second-order valence-corrected chi connectivity index (χ2v) is 5.08. The van der Waals surface area contributed by atoms with Crippen LogP contribution in [0.1, 0.15) is 84.0 Å². The van der Waals surface area contributed by atoms with E-state index in [2.05, 4.69) is 30.6 Å². The number of carbonyl (C=O) groups is 1. The van der Waals surface area contributed by atoms with Gasteiger partial charge >= 0.3 is 5.97 Å². The largest absolute Gasteiger partial charge is 0.481 e. The Kier molecular flexibility index (Phi) is 14.5. The first-order valence-corrected chi connectivity index (χ1v) is 7.95. The Bertz CT molecular complexity index is 349. The van der Waals surface area contributed by atoms with E-state index in [1.807, 2.05) is 0 Å². The highest BCUT2D eigenvalue weighted by molar-refractivity contribution is 5.66. The lowest BCUT2D eigenvalue weighted by Crippen LogP contribution is -1.93. The Morgan fingerprint density at radius 3 is 1.85 bits per heavy atom. The van der Waals surface area contributed by atoms with Gasteiger partial charge in [0.1, 0.15) is 0 Å². The summed E-state index contributed by atoms with van der Waals surface area (Å²) in [6.07, 6.45) is 12.5. The molecule has 112 valence electrons. The van der Waals surface area contributed by atoms with Gasteiger partial charge in [0.15, 0.2) is 0 Å². The summed E-state index contributed by atoms with van der Waals surface area (Å²) in [6.45, 7) is 2.12. The molecule has 0 heterocycles. The normalized spacial score (nSPS) is 9.25. The van der Waals surface area contributed by atoms with Crippen LogP contribution >= 0.6 is 0 Å². The van der Waals surface area contributed by atoms with E-state index in [-0.39, 0.29) is 0 Å². The first-order valence-electron chi connectivity index (χ1n) is 7.95. The molecule has 0 aromatic carbocycles. The van der Waals surface area contributed by atoms with Gasteiger partial charge in [-0.15, -0.1) is 0 Å². The van der Waals surface area contributed by atoms with E-state index in [0.29, 0.717) is 6.42 Å². The molecule has 0 fully saturated rings. The molecule has 0 unspecified atom stereocenters. The van der Waals surface area contributed by atoms with Gasteiger partial charge in [-0.1, -0.05) is 57.3 Å². The van der Waals surface area contributed by atoms with E-state index < -0.39 is 5.97 Å². The van der Waals surface area contributed by atoms with Crippen LogP contribution in [0.4, 0.5) is 0 Å². The van der Waals surface area contributed by atoms with Crippen molar-refractivity contribution in [1.29, 1.82) is 0 Å². The van der Waals surface area contributed by atoms with Crippen molar-refractivity contribution in [2.24, 2.45) is 0 Å². The lowest BCUT2D eigenvalue weighted by atomic mass is 10.1. The number of carboxylic acids is 1. The monoisotopic (exact) mass is 276 g/mol. The molecule has 0 bridgehead atoms. The van der Waals surface area contributed by atoms with E-state index in [1.165, 1.54) is 38.5 Å². The molecule has 0 spiro atoms. The maximum absolute atomic E-state index is 10.3. The summed E-state index contributed by atoms with van der Waals surface area (Å²) in [5.74, 6) is 11.2. The molecule has 0 saturated carbocycles. The predicted molar refractivity (Wildman–Crippen MR) is 84.3 cm³/mol. The smallest absolute Gasteiger partial charge is 0.303 e. The van der Waals surface area contributed by atoms with E-state index in [4.69, 9.17) is 5.11 Å². The zero-order chi connectivity index (χ0) is 14.9. The third-order valence-electron chi connectivity index (χ3n) is 3.06. The second kappa shape index (κ2) is 15.6. The first-order chi connectivity index (χ1) is 9.77. The SMILES string of the molecule is CCCC#CC#CCCCCCCCCCCC(=O)O. The second-order valence-electron chi connectivity index (χ2n) is 5.08. The zero-order valence-electron chi connectivity index (χ0n) is 12.8. The first kappa shape index (κ1) is 18.6. The molecule has 2 heteroatoms. The number of rotatable bonds is 11. The Morgan fingerprint density at radius 2 is 1.30 bits per heavy atom. The lowest BCUT2D eigenvalue weighted by molar-refractivity contribution is -0.137. The van der Waals surface area contributed by atoms with Crippen LogP contribution in [0.5, 0.6) is 0 Å². The van der Waals surface area contributed by atoms with Crippen LogP contribution in [0.15, 0.2) is 0 Å². The maximum Gasteiger partial charge on any atom is 0.303 e. The van der Waals surface area contributed by atoms with Crippen LogP contribution in [-0.4, -0.2) is 11.1 Å². The van der Waals surface area contributed by atoms with Crippen LogP contribution in [0.3, 0.4) is 0 Å². The molecule has 0 aromatic heterocycles. The number of unbranched alkanes of at least 4 members (excludes halogenated alkanes) is 9. The molecular formula is C18H28O2. The van der Waals surface area contributed by atoms with Gasteiger partial charge in [-0.3, -0.25) is 4.79 Å². The van der Waals surface area contributed by atoms with Crippen molar-refractivity contribution in [2.45, 2.75) is 84.0 Å². The molecule has 0 saturated heterocycles. The molecule has 20 heavy (non-hydrogen) atoms. The van der Waals surface area contributed by atoms with Crippen LogP contribution in [0.2, 0.25) is 0 Å². The van der Waals surface area contributed by atoms with Crippen molar-refractivity contribution in [3.8, 4) is 23.7 Å². The summed E-state index contributed by atoms with van der Waals surface area (Å²) in [5.41, 5.74) is 0. The molecular weight excluding hydrogens is 248 g/mol. The summed E-state index contributed by atoms with van der Waals surface area (Å²) < 4.78 is 0. The summed E-state index contributed by atoms with van der Waals surface area (Å²) in [5, 5.41) is 8.50. The van der Waals surface area contributed by atoms with Crippen LogP contribution in [-0.2, 0) is 4.79 Å². The summed E-state index contributed by atoms with van der Waals surface area (Å²) in [6, 6.07) is 0. The fourth-order valence-electron chi connectivity index (χ4n) is 1.89. The Hall–Kier alpha value is -1.41. The quantitative estimate of drug-likeness (QED) is 0.435. The van der Waals surface area contributed by atoms with E-state index >= 15 is 0 Å². The standard InChI is InChI=1S/C18H28O2/c1-2-3-4-5-6-7-8-9-10-11-12-13-14-15-16-17-18(19)20/h2-3,8-17H2,1H3,(H,19,20). The van der Waals surface area contributed by atoms with Crippen molar-refractivity contribution in [3.05, 3.63) is 0 Å². The fourth-order valence-corrected chi connectivity index (χ4v) is 1.89. The minimum atomic E-state index is -0.675. The van der Waals surface area contributed by atoms with Crippen LogP contribution in [0, 0.1) is 23.7 Å². The van der Waals surface area contributed by atoms with Gasteiger partial charge in [0.25, 0.3) is 0 Å². The summed E-state index contributed by atoms with van der Waals surface area (Å²) in [7, 11) is 0. The molecule has 0 aliphatic carbocycles. The molecule has 0 aliphatic heterocycles. The van der Waals surface area contributed by atoms with Crippen molar-refractivity contribution in [1.82, 2.24) is 0 Å². The topological polar surface area (TPSA) is 37.3 Å². The Morgan fingerprint density at radius 1 is 0.800 bits per heavy atom. The Labute approximate surface area is 124 Å². The number of hydrogen-bond donors (Lipinski definition) is 1. The molecule has 0 atom stereocenters. The average molecular weight is 276 g/mol. The molecule has 0 aromatic rings. The molecule has 0 amide bonds. The van der Waals surface area contributed by atoms with Gasteiger partial charge in [-0.25, -0.2) is 0 Å². The fraction of sp³-hybridized carbons (Fsp3) is 0.722. The van der Waals surface area contributed by atoms with Crippen LogP contribution in [0.25, 0.3) is 0 Å². The highest BCUT2D eigenvalue weighted by Gasteiger charge is 1.96. The zero-order valence-corrected chi connectivity index (χ0v) is 12.8. The number of hydrogen-bond acceptors (Lipinski definition) is 1. The number of aliphatic carboxylic acids is 1. The minimum Gasteiger partial charge on any atom is -0.481 e. The molecule has 2 nitrogen and oxygen atoms in total. The van der Waals surface area contributed by atoms with E-state index in [1.54, 1.807) is 0 Å². The van der Waals surface area contributed by atoms with Gasteiger partial charge in [-0.05, 0) is 31.1 Å². The van der Waals surface area contributed by atoms with Gasteiger partial charge in [0.2, 0.25) is 0 Å². The van der Waals surface area contributed by atoms with Gasteiger partial charge in [0, 0.05) is 19.3 Å². The van der Waals surface area contributed by atoms with Crippen molar-refractivity contribution >= 4 is 5.97 Å². The van der Waals surface area contributed by atoms with Gasteiger partial charge in [-0.2, -0.15) is 0 Å². The molecule has 0 rings (SSSR count). The average Bonchev–Trinajstić information content (AvgIpc) is 2.43. The third-order valence-corrected chi connectivity index (χ3v) is 3.06. The third kappa shape index (κ3) is 16.6. The molecule has 1 N–H and O–H groups in total. The molecule has 0 radical (unpaired) electrons. The van der Waals surface area contributed by atoms with Crippen LogP contribution < -0.4 is 0 Å². The van der Waals surface area contributed by atoms with E-state index in [0.717, 1.165) is 32.1 Å². The van der Waals surface area contributed by atoms with Crippen molar-refractivity contribution in [2.75, 3.05) is 0 Å². The van der Waals surface area contributed by atoms with Gasteiger partial charge in [0.05, 0.1) is 0 Å². The van der Waals surface area contributed by atoms with Gasteiger partial charge < -0.3 is 5.11 Å². The molecule has 0 aliphatic rings. The lowest BCUT2D eigenvalue weighted by Gasteiger charge is -2.00. The minimum absolute atomic E-state index is 0.319. The maximum atomic E-state index is 10.3. The summed E-state index contributed by atoms with van der Waals surface area (Å²) in [4.78, 5) is 10.3.